The van der Waals surface area contributed by atoms with Crippen LogP contribution in [0, 0.1) is 5.92 Å². The zero-order valence-corrected chi connectivity index (χ0v) is 15.3. The molecule has 0 bridgehead atoms. The molecule has 1 atom stereocenters. The van der Waals surface area contributed by atoms with Crippen LogP contribution in [0.3, 0.4) is 0 Å². The van der Waals surface area contributed by atoms with Gasteiger partial charge in [0.2, 0.25) is 11.8 Å². The van der Waals surface area contributed by atoms with Crippen LogP contribution >= 0.6 is 11.6 Å². The Balaban J connectivity index is 1.73. The van der Waals surface area contributed by atoms with Gasteiger partial charge in [-0.2, -0.15) is 0 Å². The fourth-order valence-electron chi connectivity index (χ4n) is 3.15. The molecule has 2 heterocycles. The Morgan fingerprint density at radius 1 is 1.46 bits per heavy atom. The Morgan fingerprint density at radius 3 is 2.92 bits per heavy atom. The van der Waals surface area contributed by atoms with Crippen LogP contribution in [-0.2, 0) is 23.2 Å². The maximum atomic E-state index is 12.9. The number of hydrogen-bond donors (Lipinski definition) is 1. The Morgan fingerprint density at radius 2 is 2.27 bits per heavy atom. The van der Waals surface area contributed by atoms with Crippen molar-refractivity contribution in [3.05, 3.63) is 47.5 Å². The molecule has 0 radical (unpaired) electrons. The summed E-state index contributed by atoms with van der Waals surface area (Å²) in [7, 11) is 1.85. The minimum Gasteiger partial charge on any atom is -0.395 e. The van der Waals surface area contributed by atoms with Gasteiger partial charge in [0.05, 0.1) is 31.1 Å². The van der Waals surface area contributed by atoms with Gasteiger partial charge in [0, 0.05) is 43.5 Å². The van der Waals surface area contributed by atoms with Crippen LogP contribution in [0.15, 0.2) is 36.8 Å². The van der Waals surface area contributed by atoms with Gasteiger partial charge in [-0.3, -0.25) is 9.59 Å². The SMILES string of the molecule is Cn1cncc1CN(CCO)C(=O)C1CC(=O)N(c2cccc(Cl)c2)C1. The minimum atomic E-state index is -0.443. The lowest BCUT2D eigenvalue weighted by molar-refractivity contribution is -0.137. The number of anilines is 1. The molecule has 2 aromatic rings. The predicted molar refractivity (Wildman–Crippen MR) is 97.6 cm³/mol. The van der Waals surface area contributed by atoms with Gasteiger partial charge in [0.1, 0.15) is 0 Å². The number of hydrogen-bond acceptors (Lipinski definition) is 4. The first-order valence-corrected chi connectivity index (χ1v) is 8.78. The molecular weight excluding hydrogens is 356 g/mol. The summed E-state index contributed by atoms with van der Waals surface area (Å²) < 4.78 is 1.83. The van der Waals surface area contributed by atoms with E-state index in [1.54, 1.807) is 46.6 Å². The topological polar surface area (TPSA) is 78.7 Å². The number of aryl methyl sites for hydroxylation is 1. The molecule has 2 amide bonds. The number of benzene rings is 1. The molecule has 0 saturated carbocycles. The molecule has 1 N–H and O–H groups in total. The van der Waals surface area contributed by atoms with E-state index in [0.717, 1.165) is 5.69 Å². The lowest BCUT2D eigenvalue weighted by atomic mass is 10.1. The highest BCUT2D eigenvalue weighted by Crippen LogP contribution is 2.28. The molecule has 1 aromatic heterocycles. The fourth-order valence-corrected chi connectivity index (χ4v) is 3.33. The summed E-state index contributed by atoms with van der Waals surface area (Å²) in [4.78, 5) is 32.6. The number of imidazole rings is 1. The standard InChI is InChI=1S/C18H21ClN4O3/c1-21-12-20-9-16(21)11-22(5-6-24)18(26)13-7-17(25)23(10-13)15-4-2-3-14(19)8-15/h2-4,8-9,12-13,24H,5-7,10-11H2,1H3. The minimum absolute atomic E-state index is 0.102. The third kappa shape index (κ3) is 3.89. The van der Waals surface area contributed by atoms with Gasteiger partial charge in [-0.05, 0) is 18.2 Å². The lowest BCUT2D eigenvalue weighted by Crippen LogP contribution is -2.39. The second-order valence-corrected chi connectivity index (χ2v) is 6.80. The van der Waals surface area contributed by atoms with Crippen molar-refractivity contribution < 1.29 is 14.7 Å². The van der Waals surface area contributed by atoms with E-state index in [1.807, 2.05) is 11.6 Å². The number of carbonyl (C=O) groups is 2. The van der Waals surface area contributed by atoms with E-state index < -0.39 is 5.92 Å². The molecule has 138 valence electrons. The molecule has 7 nitrogen and oxygen atoms in total. The number of aliphatic hydroxyl groups is 1. The Labute approximate surface area is 156 Å². The van der Waals surface area contributed by atoms with Crippen LogP contribution in [0.4, 0.5) is 5.69 Å². The zero-order valence-electron chi connectivity index (χ0n) is 14.5. The third-order valence-corrected chi connectivity index (χ3v) is 4.78. The second-order valence-electron chi connectivity index (χ2n) is 6.36. The molecule has 3 rings (SSSR count). The highest BCUT2D eigenvalue weighted by Gasteiger charge is 2.37. The van der Waals surface area contributed by atoms with Crippen molar-refractivity contribution >= 4 is 29.1 Å². The van der Waals surface area contributed by atoms with Crippen LogP contribution in [0.5, 0.6) is 0 Å². The molecule has 1 unspecified atom stereocenters. The summed E-state index contributed by atoms with van der Waals surface area (Å²) >= 11 is 6.01. The molecule has 1 aromatic carbocycles. The van der Waals surface area contributed by atoms with Gasteiger partial charge in [0.25, 0.3) is 0 Å². The number of carbonyl (C=O) groups excluding carboxylic acids is 2. The predicted octanol–water partition coefficient (Wildman–Crippen LogP) is 1.45. The summed E-state index contributed by atoms with van der Waals surface area (Å²) in [6, 6.07) is 7.04. The summed E-state index contributed by atoms with van der Waals surface area (Å²) in [5.41, 5.74) is 1.56. The summed E-state index contributed by atoms with van der Waals surface area (Å²) in [6.07, 6.45) is 3.51. The van der Waals surface area contributed by atoms with E-state index in [0.29, 0.717) is 23.8 Å². The van der Waals surface area contributed by atoms with Gasteiger partial charge in [-0.1, -0.05) is 17.7 Å². The Kier molecular flexibility index (Phi) is 5.58. The average Bonchev–Trinajstić information content (AvgIpc) is 3.20. The number of nitrogens with zero attached hydrogens (tertiary/aromatic N) is 4. The normalized spacial score (nSPS) is 17.0. The molecular formula is C18H21ClN4O3. The Hall–Kier alpha value is -2.38. The van der Waals surface area contributed by atoms with Crippen LogP contribution in [0.25, 0.3) is 0 Å². The van der Waals surface area contributed by atoms with Crippen LogP contribution < -0.4 is 4.90 Å². The van der Waals surface area contributed by atoms with Crippen molar-refractivity contribution in [1.82, 2.24) is 14.5 Å². The number of halogens is 1. The number of rotatable bonds is 6. The molecule has 8 heteroatoms. The second kappa shape index (κ2) is 7.88. The number of aliphatic hydroxyl groups excluding tert-OH is 1. The monoisotopic (exact) mass is 376 g/mol. The van der Waals surface area contributed by atoms with Crippen molar-refractivity contribution in [2.45, 2.75) is 13.0 Å². The first kappa shape index (κ1) is 18.4. The van der Waals surface area contributed by atoms with Gasteiger partial charge < -0.3 is 19.5 Å². The van der Waals surface area contributed by atoms with Crippen molar-refractivity contribution in [3.8, 4) is 0 Å². The van der Waals surface area contributed by atoms with Crippen molar-refractivity contribution in [3.63, 3.8) is 0 Å². The average molecular weight is 377 g/mol. The van der Waals surface area contributed by atoms with E-state index in [1.165, 1.54) is 0 Å². The molecule has 1 aliphatic rings. The van der Waals surface area contributed by atoms with Crippen LogP contribution in [-0.4, -0.2) is 51.1 Å². The van der Waals surface area contributed by atoms with Crippen molar-refractivity contribution in [2.24, 2.45) is 13.0 Å². The van der Waals surface area contributed by atoms with Crippen LogP contribution in [0.2, 0.25) is 5.02 Å². The molecule has 1 fully saturated rings. The molecule has 1 aliphatic heterocycles. The van der Waals surface area contributed by atoms with E-state index in [9.17, 15) is 14.7 Å². The van der Waals surface area contributed by atoms with Gasteiger partial charge in [-0.25, -0.2) is 4.98 Å². The highest BCUT2D eigenvalue weighted by atomic mass is 35.5. The van der Waals surface area contributed by atoms with Gasteiger partial charge in [0.15, 0.2) is 0 Å². The number of amides is 2. The van der Waals surface area contributed by atoms with E-state index in [4.69, 9.17) is 11.6 Å². The summed E-state index contributed by atoms with van der Waals surface area (Å²) in [6.45, 7) is 0.733. The quantitative estimate of drug-likeness (QED) is 0.827. The zero-order chi connectivity index (χ0) is 18.7. The van der Waals surface area contributed by atoms with Crippen molar-refractivity contribution in [1.29, 1.82) is 0 Å². The van der Waals surface area contributed by atoms with E-state index in [2.05, 4.69) is 4.98 Å². The molecule has 0 spiro atoms. The molecule has 26 heavy (non-hydrogen) atoms. The first-order chi connectivity index (χ1) is 12.5. The summed E-state index contributed by atoms with van der Waals surface area (Å²) in [5, 5.41) is 9.88. The van der Waals surface area contributed by atoms with Crippen molar-refractivity contribution in [2.75, 3.05) is 24.6 Å². The molecule has 0 aliphatic carbocycles. The third-order valence-electron chi connectivity index (χ3n) is 4.55. The largest absolute Gasteiger partial charge is 0.395 e. The smallest absolute Gasteiger partial charge is 0.228 e. The number of aromatic nitrogens is 2. The molecule has 1 saturated heterocycles. The lowest BCUT2D eigenvalue weighted by Gasteiger charge is -2.25. The van der Waals surface area contributed by atoms with E-state index in [-0.39, 0.29) is 31.4 Å². The fraction of sp³-hybridized carbons (Fsp3) is 0.389. The van der Waals surface area contributed by atoms with Gasteiger partial charge >= 0.3 is 0 Å². The first-order valence-electron chi connectivity index (χ1n) is 8.40. The van der Waals surface area contributed by atoms with Gasteiger partial charge in [-0.15, -0.1) is 0 Å². The maximum Gasteiger partial charge on any atom is 0.228 e. The van der Waals surface area contributed by atoms with E-state index >= 15 is 0 Å². The highest BCUT2D eigenvalue weighted by molar-refractivity contribution is 6.31. The van der Waals surface area contributed by atoms with Crippen LogP contribution in [0.1, 0.15) is 12.1 Å². The summed E-state index contributed by atoms with van der Waals surface area (Å²) in [5.74, 6) is -0.686. The maximum absolute atomic E-state index is 12.9. The Bertz CT molecular complexity index is 807.